The van der Waals surface area contributed by atoms with Gasteiger partial charge in [-0.3, -0.25) is 9.52 Å². The van der Waals surface area contributed by atoms with E-state index in [2.05, 4.69) is 9.44 Å². The van der Waals surface area contributed by atoms with Crippen LogP contribution in [0.15, 0.2) is 101 Å². The van der Waals surface area contributed by atoms with Crippen molar-refractivity contribution in [2.24, 2.45) is 0 Å². The standard InChI is InChI=1S/C30H28N2O8S2/c1-20-4-13-27(14-5-20)42(37,38)32-29-17-12-25(18-28(29)30(34)39-3)40-24-10-6-22(7-11-24)19-31-41(35,36)26-15-8-23(9-16-26)21(2)33/h4-18,31-32H,19H2,1-3H3. The summed E-state index contributed by atoms with van der Waals surface area (Å²) in [7, 11) is -6.59. The molecule has 12 heteroatoms. The van der Waals surface area contributed by atoms with E-state index in [4.69, 9.17) is 9.47 Å². The number of hydrogen-bond acceptors (Lipinski definition) is 8. The van der Waals surface area contributed by atoms with Gasteiger partial charge < -0.3 is 9.47 Å². The molecule has 0 spiro atoms. The minimum absolute atomic E-state index is 0.0133. The van der Waals surface area contributed by atoms with E-state index in [1.54, 1.807) is 36.4 Å². The summed E-state index contributed by atoms with van der Waals surface area (Å²) in [5.74, 6) is -0.281. The molecule has 0 radical (unpaired) electrons. The lowest BCUT2D eigenvalue weighted by Gasteiger charge is -2.14. The first kappa shape index (κ1) is 30.4. The van der Waals surface area contributed by atoms with E-state index in [1.807, 2.05) is 6.92 Å². The van der Waals surface area contributed by atoms with E-state index in [9.17, 15) is 26.4 Å². The fourth-order valence-electron chi connectivity index (χ4n) is 3.82. The van der Waals surface area contributed by atoms with Crippen molar-refractivity contribution < 1.29 is 35.9 Å². The Balaban J connectivity index is 1.45. The predicted octanol–water partition coefficient (Wildman–Crippen LogP) is 5.06. The Labute approximate surface area is 244 Å². The zero-order chi connectivity index (χ0) is 30.5. The minimum Gasteiger partial charge on any atom is -0.465 e. The lowest BCUT2D eigenvalue weighted by Crippen LogP contribution is -2.23. The van der Waals surface area contributed by atoms with Gasteiger partial charge in [0, 0.05) is 12.1 Å². The van der Waals surface area contributed by atoms with Crippen molar-refractivity contribution in [1.29, 1.82) is 0 Å². The molecule has 0 atom stereocenters. The number of methoxy groups -OCH3 is 1. The maximum atomic E-state index is 12.9. The zero-order valence-corrected chi connectivity index (χ0v) is 24.6. The molecule has 0 aromatic heterocycles. The quantitative estimate of drug-likeness (QED) is 0.178. The number of hydrogen-bond donors (Lipinski definition) is 2. The number of benzene rings is 4. The first-order valence-corrected chi connectivity index (χ1v) is 15.5. The van der Waals surface area contributed by atoms with E-state index in [0.717, 1.165) is 5.56 Å². The molecule has 10 nitrogen and oxygen atoms in total. The summed E-state index contributed by atoms with van der Waals surface area (Å²) >= 11 is 0. The third-order valence-electron chi connectivity index (χ3n) is 6.17. The molecule has 0 bridgehead atoms. The second kappa shape index (κ2) is 12.6. The number of ketones is 1. The van der Waals surface area contributed by atoms with Crippen molar-refractivity contribution in [3.63, 3.8) is 0 Å². The van der Waals surface area contributed by atoms with Gasteiger partial charge in [-0.1, -0.05) is 42.0 Å². The van der Waals surface area contributed by atoms with Crippen molar-refractivity contribution in [3.05, 3.63) is 113 Å². The summed E-state index contributed by atoms with van der Waals surface area (Å²) in [4.78, 5) is 24.0. The van der Waals surface area contributed by atoms with Crippen LogP contribution in [-0.2, 0) is 31.3 Å². The van der Waals surface area contributed by atoms with Crippen LogP contribution >= 0.6 is 0 Å². The lowest BCUT2D eigenvalue weighted by molar-refractivity contribution is 0.0601. The number of nitrogens with one attached hydrogen (secondary N) is 2. The summed E-state index contributed by atoms with van der Waals surface area (Å²) in [6.07, 6.45) is 0. The van der Waals surface area contributed by atoms with Crippen molar-refractivity contribution in [2.45, 2.75) is 30.2 Å². The first-order chi connectivity index (χ1) is 19.9. The second-order valence-corrected chi connectivity index (χ2v) is 12.7. The Morgan fingerprint density at radius 1 is 0.738 bits per heavy atom. The number of carbonyl (C=O) groups is 2. The maximum absolute atomic E-state index is 12.9. The number of aryl methyl sites for hydroxylation is 1. The van der Waals surface area contributed by atoms with Crippen LogP contribution in [-0.4, -0.2) is 35.7 Å². The summed E-state index contributed by atoms with van der Waals surface area (Å²) in [5, 5.41) is 0. The zero-order valence-electron chi connectivity index (χ0n) is 22.9. The highest BCUT2D eigenvalue weighted by Gasteiger charge is 2.20. The molecular formula is C30H28N2O8S2. The van der Waals surface area contributed by atoms with E-state index >= 15 is 0 Å². The molecule has 0 saturated heterocycles. The number of sulfonamides is 2. The molecule has 0 amide bonds. The van der Waals surface area contributed by atoms with Gasteiger partial charge in [-0.2, -0.15) is 0 Å². The number of esters is 1. The summed E-state index contributed by atoms with van der Waals surface area (Å²) < 4.78 is 66.6. The fraction of sp³-hybridized carbons (Fsp3) is 0.133. The Bertz CT molecular complexity index is 1820. The Morgan fingerprint density at radius 3 is 1.90 bits per heavy atom. The minimum atomic E-state index is -3.97. The van der Waals surface area contributed by atoms with Gasteiger partial charge in [-0.05, 0) is 74.0 Å². The van der Waals surface area contributed by atoms with E-state index in [1.165, 1.54) is 68.6 Å². The van der Waals surface area contributed by atoms with Crippen LogP contribution in [0.2, 0.25) is 0 Å². The van der Waals surface area contributed by atoms with Crippen LogP contribution in [0, 0.1) is 6.92 Å². The molecule has 4 aromatic rings. The molecule has 0 aliphatic heterocycles. The van der Waals surface area contributed by atoms with Gasteiger partial charge in [-0.25, -0.2) is 26.4 Å². The van der Waals surface area contributed by atoms with Gasteiger partial charge >= 0.3 is 5.97 Å². The molecule has 2 N–H and O–H groups in total. The van der Waals surface area contributed by atoms with Crippen LogP contribution in [0.3, 0.4) is 0 Å². The molecular weight excluding hydrogens is 580 g/mol. The highest BCUT2D eigenvalue weighted by atomic mass is 32.2. The summed E-state index contributed by atoms with van der Waals surface area (Å²) in [5.41, 5.74) is 1.95. The largest absolute Gasteiger partial charge is 0.465 e. The molecule has 0 unspecified atom stereocenters. The predicted molar refractivity (Wildman–Crippen MR) is 157 cm³/mol. The highest BCUT2D eigenvalue weighted by Crippen LogP contribution is 2.29. The SMILES string of the molecule is COC(=O)c1cc(Oc2ccc(CNS(=O)(=O)c3ccc(C(C)=O)cc3)cc2)ccc1NS(=O)(=O)c1ccc(C)cc1. The third-order valence-corrected chi connectivity index (χ3v) is 8.97. The molecule has 4 aromatic carbocycles. The topological polar surface area (TPSA) is 145 Å². The van der Waals surface area contributed by atoms with Gasteiger partial charge in [-0.15, -0.1) is 0 Å². The molecule has 0 aliphatic carbocycles. The van der Waals surface area contributed by atoms with Crippen LogP contribution in [0.25, 0.3) is 0 Å². The Kier molecular flexibility index (Phi) is 9.10. The third kappa shape index (κ3) is 7.40. The Hall–Kier alpha value is -4.52. The summed E-state index contributed by atoms with van der Waals surface area (Å²) in [6, 6.07) is 22.8. The van der Waals surface area contributed by atoms with Gasteiger partial charge in [0.1, 0.15) is 11.5 Å². The monoisotopic (exact) mass is 608 g/mol. The average molecular weight is 609 g/mol. The molecule has 42 heavy (non-hydrogen) atoms. The molecule has 0 heterocycles. The van der Waals surface area contributed by atoms with Crippen molar-refractivity contribution >= 4 is 37.5 Å². The molecule has 4 rings (SSSR count). The van der Waals surface area contributed by atoms with Crippen molar-refractivity contribution in [2.75, 3.05) is 11.8 Å². The number of anilines is 1. The molecule has 0 aliphatic rings. The first-order valence-electron chi connectivity index (χ1n) is 12.6. The number of ether oxygens (including phenoxy) is 2. The molecule has 0 fully saturated rings. The van der Waals surface area contributed by atoms with E-state index < -0.39 is 26.0 Å². The Morgan fingerprint density at radius 2 is 1.31 bits per heavy atom. The molecule has 0 saturated carbocycles. The highest BCUT2D eigenvalue weighted by molar-refractivity contribution is 7.92. The van der Waals surface area contributed by atoms with Crippen molar-refractivity contribution in [1.82, 2.24) is 4.72 Å². The number of Topliss-reactive ketones (excluding diaryl/α,β-unsaturated/α-hetero) is 1. The van der Waals surface area contributed by atoms with E-state index in [0.29, 0.717) is 16.9 Å². The molecule has 218 valence electrons. The van der Waals surface area contributed by atoms with Gasteiger partial charge in [0.15, 0.2) is 5.78 Å². The second-order valence-electron chi connectivity index (χ2n) is 9.27. The fourth-order valence-corrected chi connectivity index (χ4v) is 5.92. The van der Waals surface area contributed by atoms with E-state index in [-0.39, 0.29) is 39.1 Å². The number of carbonyl (C=O) groups excluding carboxylic acids is 2. The summed E-state index contributed by atoms with van der Waals surface area (Å²) in [6.45, 7) is 3.26. The smallest absolute Gasteiger partial charge is 0.340 e. The van der Waals surface area contributed by atoms with Gasteiger partial charge in [0.25, 0.3) is 10.0 Å². The van der Waals surface area contributed by atoms with Gasteiger partial charge in [0.2, 0.25) is 10.0 Å². The normalized spacial score (nSPS) is 11.5. The van der Waals surface area contributed by atoms with Crippen molar-refractivity contribution in [3.8, 4) is 11.5 Å². The van der Waals surface area contributed by atoms with Crippen LogP contribution in [0.1, 0.15) is 38.8 Å². The average Bonchev–Trinajstić information content (AvgIpc) is 2.97. The van der Waals surface area contributed by atoms with Crippen LogP contribution in [0.5, 0.6) is 11.5 Å². The maximum Gasteiger partial charge on any atom is 0.340 e. The van der Waals surface area contributed by atoms with Crippen LogP contribution < -0.4 is 14.2 Å². The van der Waals surface area contributed by atoms with Gasteiger partial charge in [0.05, 0.1) is 28.2 Å². The number of rotatable bonds is 11. The van der Waals surface area contributed by atoms with Crippen LogP contribution in [0.4, 0.5) is 5.69 Å². The lowest BCUT2D eigenvalue weighted by atomic mass is 10.1.